The fraction of sp³-hybridized carbons (Fsp3) is 0.179. The third-order valence-corrected chi connectivity index (χ3v) is 11.4. The Morgan fingerprint density at radius 2 is 1.08 bits per heavy atom. The Hall–Kier alpha value is -7.82. The average Bonchev–Trinajstić information content (AvgIpc) is 3.55. The van der Waals surface area contributed by atoms with E-state index < -0.39 is 29.9 Å². The molecule has 8 rings (SSSR count). The van der Waals surface area contributed by atoms with Crippen molar-refractivity contribution >= 4 is 23.6 Å². The first-order valence-corrected chi connectivity index (χ1v) is 22.1. The van der Waals surface area contributed by atoms with Gasteiger partial charge in [0.15, 0.2) is 5.78 Å². The van der Waals surface area contributed by atoms with Gasteiger partial charge < -0.3 is 24.3 Å². The summed E-state index contributed by atoms with van der Waals surface area (Å²) in [4.78, 5) is 58.0. The molecule has 1 aliphatic rings. The number of carbonyl (C=O) groups is 4. The molecule has 7 aromatic carbocycles. The lowest BCUT2D eigenvalue weighted by atomic mass is 9.96. The van der Waals surface area contributed by atoms with Crippen LogP contribution in [0.3, 0.4) is 0 Å². The van der Waals surface area contributed by atoms with Gasteiger partial charge in [-0.3, -0.25) is 14.5 Å². The molecule has 332 valence electrons. The van der Waals surface area contributed by atoms with E-state index in [9.17, 15) is 19.2 Å². The summed E-state index contributed by atoms with van der Waals surface area (Å²) in [5, 5.41) is 3.18. The highest BCUT2D eigenvalue weighted by Crippen LogP contribution is 2.29. The largest absolute Gasteiger partial charge is 0.489 e. The van der Waals surface area contributed by atoms with Crippen LogP contribution >= 0.6 is 0 Å². The zero-order valence-corrected chi connectivity index (χ0v) is 36.4. The Labute approximate surface area is 384 Å². The Balaban J connectivity index is 0.981. The van der Waals surface area contributed by atoms with Gasteiger partial charge in [-0.05, 0) is 90.2 Å². The van der Waals surface area contributed by atoms with Crippen LogP contribution in [-0.4, -0.2) is 53.8 Å². The second kappa shape index (κ2) is 22.2. The van der Waals surface area contributed by atoms with Crippen molar-refractivity contribution in [3.05, 3.63) is 238 Å². The van der Waals surface area contributed by atoms with Crippen molar-refractivity contribution in [3.8, 4) is 11.5 Å². The summed E-state index contributed by atoms with van der Waals surface area (Å²) in [6.07, 6.45) is 0.614. The molecule has 1 aliphatic heterocycles. The van der Waals surface area contributed by atoms with Crippen molar-refractivity contribution in [2.75, 3.05) is 13.1 Å². The third kappa shape index (κ3) is 12.0. The number of esters is 2. The van der Waals surface area contributed by atoms with Crippen molar-refractivity contribution in [1.29, 1.82) is 0 Å². The van der Waals surface area contributed by atoms with Gasteiger partial charge in [-0.2, -0.15) is 0 Å². The van der Waals surface area contributed by atoms with Crippen LogP contribution in [0.2, 0.25) is 0 Å². The van der Waals surface area contributed by atoms with Gasteiger partial charge in [-0.25, -0.2) is 9.59 Å². The molecule has 1 fully saturated rings. The molecular weight excluding hydrogens is 829 g/mol. The maximum Gasteiger partial charge on any atom is 0.339 e. The highest BCUT2D eigenvalue weighted by atomic mass is 16.5. The van der Waals surface area contributed by atoms with E-state index in [0.717, 1.165) is 35.2 Å². The normalized spacial score (nSPS) is 14.8. The minimum Gasteiger partial charge on any atom is -0.489 e. The van der Waals surface area contributed by atoms with Gasteiger partial charge in [0.1, 0.15) is 37.4 Å². The fourth-order valence-corrected chi connectivity index (χ4v) is 7.86. The molecule has 1 N–H and O–H groups in total. The Morgan fingerprint density at radius 1 is 0.530 bits per heavy atom. The van der Waals surface area contributed by atoms with E-state index in [1.54, 1.807) is 42.5 Å². The Kier molecular flexibility index (Phi) is 15.1. The molecule has 0 radical (unpaired) electrons. The monoisotopic (exact) mass is 878 g/mol. The van der Waals surface area contributed by atoms with Crippen molar-refractivity contribution in [2.24, 2.45) is 0 Å². The number of nitrogens with one attached hydrogen (secondary N) is 1. The summed E-state index contributed by atoms with van der Waals surface area (Å²) in [7, 11) is 0. The molecule has 1 heterocycles. The fourth-order valence-electron chi connectivity index (χ4n) is 7.86. The first kappa shape index (κ1) is 44.8. The third-order valence-electron chi connectivity index (χ3n) is 11.4. The van der Waals surface area contributed by atoms with E-state index >= 15 is 0 Å². The maximum absolute atomic E-state index is 14.4. The van der Waals surface area contributed by atoms with E-state index in [2.05, 4.69) is 22.3 Å². The van der Waals surface area contributed by atoms with E-state index in [1.807, 2.05) is 109 Å². The highest BCUT2D eigenvalue weighted by Gasteiger charge is 2.32. The zero-order valence-electron chi connectivity index (χ0n) is 36.4. The van der Waals surface area contributed by atoms with Gasteiger partial charge in [-0.1, -0.05) is 140 Å². The molecule has 1 saturated heterocycles. The summed E-state index contributed by atoms with van der Waals surface area (Å²) in [6, 6.07) is 56.2. The number of hydrogen-bond donors (Lipinski definition) is 1. The average molecular weight is 879 g/mol. The number of rotatable bonds is 17. The molecule has 0 aromatic heterocycles. The van der Waals surface area contributed by atoms with Crippen LogP contribution in [-0.2, 0) is 35.8 Å². The molecule has 10 nitrogen and oxygen atoms in total. The van der Waals surface area contributed by atoms with Crippen molar-refractivity contribution in [1.82, 2.24) is 10.2 Å². The van der Waals surface area contributed by atoms with E-state index in [4.69, 9.17) is 18.9 Å². The van der Waals surface area contributed by atoms with Crippen molar-refractivity contribution in [3.63, 3.8) is 0 Å². The first-order chi connectivity index (χ1) is 32.4. The SMILES string of the molecule is O=C(N[C@@H]1CN(Cc2ccccc2)CCC[C@H]1OC(=O)c1ccc(C(=O)c2c(OCc3ccccc3)cccc2C(=O)OCc2ccccc2)cc1)c1ccc(OCc2ccccc2)cc1. The lowest BCUT2D eigenvalue weighted by Crippen LogP contribution is -2.50. The van der Waals surface area contributed by atoms with Crippen LogP contribution in [0.1, 0.15) is 82.1 Å². The number of amides is 1. The van der Waals surface area contributed by atoms with E-state index in [-0.39, 0.29) is 47.1 Å². The molecular formula is C56H50N2O8. The second-order valence-corrected chi connectivity index (χ2v) is 16.1. The van der Waals surface area contributed by atoms with Gasteiger partial charge in [-0.15, -0.1) is 0 Å². The molecule has 66 heavy (non-hydrogen) atoms. The number of nitrogens with zero attached hydrogens (tertiary/aromatic N) is 1. The van der Waals surface area contributed by atoms with Gasteiger partial charge in [0.2, 0.25) is 0 Å². The minimum absolute atomic E-state index is 0.0217. The molecule has 0 unspecified atom stereocenters. The molecule has 0 aliphatic carbocycles. The predicted octanol–water partition coefficient (Wildman–Crippen LogP) is 10.1. The van der Waals surface area contributed by atoms with E-state index in [1.165, 1.54) is 24.3 Å². The number of ether oxygens (including phenoxy) is 4. The van der Waals surface area contributed by atoms with Gasteiger partial charge >= 0.3 is 11.9 Å². The van der Waals surface area contributed by atoms with Crippen LogP contribution < -0.4 is 14.8 Å². The van der Waals surface area contributed by atoms with Crippen LogP contribution in [0.5, 0.6) is 11.5 Å². The molecule has 0 bridgehead atoms. The summed E-state index contributed by atoms with van der Waals surface area (Å²) in [5.41, 5.74) is 4.87. The topological polar surface area (TPSA) is 120 Å². The molecule has 10 heteroatoms. The van der Waals surface area contributed by atoms with Crippen molar-refractivity contribution < 1.29 is 38.1 Å². The first-order valence-electron chi connectivity index (χ1n) is 22.1. The number of ketones is 1. The minimum atomic E-state index is -0.676. The number of hydrogen-bond acceptors (Lipinski definition) is 9. The molecule has 7 aromatic rings. The number of carbonyl (C=O) groups excluding carboxylic acids is 4. The molecule has 0 saturated carbocycles. The summed E-state index contributed by atoms with van der Waals surface area (Å²) in [6.45, 7) is 2.46. The van der Waals surface area contributed by atoms with Crippen LogP contribution in [0.4, 0.5) is 0 Å². The molecule has 1 amide bonds. The number of benzene rings is 7. The quantitative estimate of drug-likeness (QED) is 0.0704. The lowest BCUT2D eigenvalue weighted by Gasteiger charge is -2.29. The predicted molar refractivity (Wildman–Crippen MR) is 251 cm³/mol. The van der Waals surface area contributed by atoms with E-state index in [0.29, 0.717) is 37.4 Å². The number of likely N-dealkylation sites (tertiary alicyclic amines) is 1. The van der Waals surface area contributed by atoms with Gasteiger partial charge in [0.25, 0.3) is 5.91 Å². The summed E-state index contributed by atoms with van der Waals surface area (Å²) >= 11 is 0. The standard InChI is InChI=1S/C56H50N2O8/c59-53(52-48(56(62)65-39-43-21-11-4-12-22-43)23-13-24-51(52)64-38-42-19-9-3-10-20-42)44-26-28-46(29-27-44)55(61)66-50-25-14-34-58(35-40-15-5-1-6-16-40)36-49(50)57-54(60)45-30-32-47(33-31-45)63-37-41-17-7-2-8-18-41/h1-13,15-24,26-33,49-50H,14,25,34-39H2,(H,57,60)/t49-,50-/m1/s1. The highest BCUT2D eigenvalue weighted by molar-refractivity contribution is 6.16. The van der Waals surface area contributed by atoms with Crippen LogP contribution in [0, 0.1) is 0 Å². The summed E-state index contributed by atoms with van der Waals surface area (Å²) < 4.78 is 24.0. The zero-order chi connectivity index (χ0) is 45.5. The lowest BCUT2D eigenvalue weighted by molar-refractivity contribution is 0.0175. The van der Waals surface area contributed by atoms with Gasteiger partial charge in [0.05, 0.1) is 22.7 Å². The van der Waals surface area contributed by atoms with Crippen molar-refractivity contribution in [2.45, 2.75) is 51.4 Å². The molecule has 2 atom stereocenters. The van der Waals surface area contributed by atoms with Gasteiger partial charge in [0, 0.05) is 24.2 Å². The molecule has 0 spiro atoms. The maximum atomic E-state index is 14.4. The summed E-state index contributed by atoms with van der Waals surface area (Å²) in [5.74, 6) is -1.18. The Morgan fingerprint density at radius 3 is 1.70 bits per heavy atom. The smallest absolute Gasteiger partial charge is 0.339 e. The second-order valence-electron chi connectivity index (χ2n) is 16.1. The van der Waals surface area contributed by atoms with Crippen LogP contribution in [0.15, 0.2) is 188 Å². The van der Waals surface area contributed by atoms with Crippen LogP contribution in [0.25, 0.3) is 0 Å². The Bertz CT molecular complexity index is 2700.